The molecule has 0 unspecified atom stereocenters. The lowest BCUT2D eigenvalue weighted by Crippen LogP contribution is -2.01. The molecule has 0 N–H and O–H groups in total. The second-order valence-corrected chi connectivity index (χ2v) is 3.17. The Bertz CT molecular complexity index is 359. The van der Waals surface area contributed by atoms with Crippen LogP contribution in [0.25, 0.3) is 0 Å². The van der Waals surface area contributed by atoms with Gasteiger partial charge in [-0.2, -0.15) is 0 Å². The van der Waals surface area contributed by atoms with E-state index in [1.54, 1.807) is 12.1 Å². The van der Waals surface area contributed by atoms with E-state index in [0.29, 0.717) is 18.2 Å². The number of isocyanates is 1. The Morgan fingerprint density at radius 2 is 2.36 bits per heavy atom. The zero-order valence-corrected chi connectivity index (χ0v) is 8.54. The van der Waals surface area contributed by atoms with Crippen molar-refractivity contribution in [3.8, 4) is 5.75 Å². The molecule has 0 atom stereocenters. The van der Waals surface area contributed by atoms with Gasteiger partial charge >= 0.3 is 0 Å². The van der Waals surface area contributed by atoms with Gasteiger partial charge in [0.1, 0.15) is 12.4 Å². The maximum Gasteiger partial charge on any atom is 0.235 e. The summed E-state index contributed by atoms with van der Waals surface area (Å²) in [7, 11) is 0. The molecule has 1 aromatic carbocycles. The molecule has 0 saturated heterocycles. The van der Waals surface area contributed by atoms with Crippen molar-refractivity contribution in [1.29, 1.82) is 0 Å². The minimum absolute atomic E-state index is 0.325. The predicted molar refractivity (Wildman–Crippen MR) is 54.7 cm³/mol. The molecule has 0 heterocycles. The third-order valence-corrected chi connectivity index (χ3v) is 1.90. The Morgan fingerprint density at radius 3 is 3.00 bits per heavy atom. The van der Waals surface area contributed by atoms with Crippen LogP contribution in [0.5, 0.6) is 5.75 Å². The first-order chi connectivity index (χ1) is 6.74. The van der Waals surface area contributed by atoms with Crippen molar-refractivity contribution < 1.29 is 9.53 Å². The summed E-state index contributed by atoms with van der Waals surface area (Å²) >= 11 is 5.78. The predicted octanol–water partition coefficient (Wildman–Crippen LogP) is 2.36. The number of ether oxygens (including phenoxy) is 1. The Kier molecular flexibility index (Phi) is 4.17. The van der Waals surface area contributed by atoms with Gasteiger partial charge in [-0.3, -0.25) is 0 Å². The second kappa shape index (κ2) is 5.43. The molecule has 0 bridgehead atoms. The number of hydrogen-bond donors (Lipinski definition) is 0. The van der Waals surface area contributed by atoms with Crippen LogP contribution in [0.15, 0.2) is 23.2 Å². The molecule has 0 aliphatic heterocycles. The van der Waals surface area contributed by atoms with Gasteiger partial charge in [-0.15, -0.1) is 0 Å². The molecule has 0 radical (unpaired) electrons. The summed E-state index contributed by atoms with van der Waals surface area (Å²) in [5, 5.41) is 0.681. The standard InChI is InChI=1S/C10H10ClNO2/c1-8-6-9(11)2-3-10(8)14-5-4-12-7-13/h2-3,6H,4-5H2,1H3. The highest BCUT2D eigenvalue weighted by Gasteiger charge is 1.99. The lowest BCUT2D eigenvalue weighted by molar-refractivity contribution is 0.326. The van der Waals surface area contributed by atoms with Gasteiger partial charge in [-0.1, -0.05) is 11.6 Å². The number of hydrogen-bond acceptors (Lipinski definition) is 3. The van der Waals surface area contributed by atoms with E-state index in [2.05, 4.69) is 4.99 Å². The summed E-state index contributed by atoms with van der Waals surface area (Å²) < 4.78 is 5.36. The van der Waals surface area contributed by atoms with E-state index in [1.807, 2.05) is 13.0 Å². The van der Waals surface area contributed by atoms with Gasteiger partial charge in [0.05, 0.1) is 6.54 Å². The number of carbonyl (C=O) groups excluding carboxylic acids is 1. The average molecular weight is 212 g/mol. The highest BCUT2D eigenvalue weighted by molar-refractivity contribution is 6.30. The van der Waals surface area contributed by atoms with E-state index in [-0.39, 0.29) is 0 Å². The van der Waals surface area contributed by atoms with Crippen LogP contribution < -0.4 is 4.74 Å². The molecule has 0 aromatic heterocycles. The monoisotopic (exact) mass is 211 g/mol. The zero-order chi connectivity index (χ0) is 10.4. The SMILES string of the molecule is Cc1cc(Cl)ccc1OCCN=C=O. The minimum Gasteiger partial charge on any atom is -0.491 e. The van der Waals surface area contributed by atoms with Gasteiger partial charge in [0.2, 0.25) is 6.08 Å². The highest BCUT2D eigenvalue weighted by atomic mass is 35.5. The zero-order valence-electron chi connectivity index (χ0n) is 7.79. The molecule has 1 aromatic rings. The van der Waals surface area contributed by atoms with E-state index < -0.39 is 0 Å². The number of rotatable bonds is 4. The van der Waals surface area contributed by atoms with Crippen molar-refractivity contribution in [2.24, 2.45) is 4.99 Å². The topological polar surface area (TPSA) is 38.7 Å². The van der Waals surface area contributed by atoms with E-state index in [9.17, 15) is 4.79 Å². The van der Waals surface area contributed by atoms with Crippen molar-refractivity contribution in [3.05, 3.63) is 28.8 Å². The summed E-state index contributed by atoms with van der Waals surface area (Å²) in [5.41, 5.74) is 0.965. The van der Waals surface area contributed by atoms with E-state index >= 15 is 0 Å². The summed E-state index contributed by atoms with van der Waals surface area (Å²) in [6.07, 6.45) is 1.45. The third-order valence-electron chi connectivity index (χ3n) is 1.66. The maximum atomic E-state index is 9.76. The Labute approximate surface area is 87.4 Å². The Hall–Kier alpha value is -1.31. The molecule has 0 spiro atoms. The Balaban J connectivity index is 2.54. The molecule has 0 amide bonds. The normalized spacial score (nSPS) is 9.29. The molecule has 0 aliphatic rings. The smallest absolute Gasteiger partial charge is 0.235 e. The summed E-state index contributed by atoms with van der Waals surface area (Å²) in [6.45, 7) is 2.60. The molecule has 4 heteroatoms. The van der Waals surface area contributed by atoms with Crippen LogP contribution in [0.1, 0.15) is 5.56 Å². The first kappa shape index (κ1) is 10.8. The summed E-state index contributed by atoms with van der Waals surface area (Å²) in [6, 6.07) is 5.37. The molecule has 0 fully saturated rings. The molecule has 0 aliphatic carbocycles. The molecule has 14 heavy (non-hydrogen) atoms. The fraction of sp³-hybridized carbons (Fsp3) is 0.300. The fourth-order valence-corrected chi connectivity index (χ4v) is 1.25. The van der Waals surface area contributed by atoms with Gasteiger partial charge in [0.25, 0.3) is 0 Å². The molecule has 1 rings (SSSR count). The van der Waals surface area contributed by atoms with Crippen LogP contribution in [-0.4, -0.2) is 19.2 Å². The molecular weight excluding hydrogens is 202 g/mol. The molecule has 74 valence electrons. The van der Waals surface area contributed by atoms with Gasteiger partial charge in [0, 0.05) is 5.02 Å². The van der Waals surface area contributed by atoms with E-state index in [0.717, 1.165) is 11.3 Å². The van der Waals surface area contributed by atoms with Crippen LogP contribution >= 0.6 is 11.6 Å². The van der Waals surface area contributed by atoms with Gasteiger partial charge in [-0.25, -0.2) is 9.79 Å². The first-order valence-electron chi connectivity index (χ1n) is 4.16. The lowest BCUT2D eigenvalue weighted by Gasteiger charge is -2.07. The molecule has 0 saturated carbocycles. The number of halogens is 1. The van der Waals surface area contributed by atoms with E-state index in [4.69, 9.17) is 16.3 Å². The first-order valence-corrected chi connectivity index (χ1v) is 4.54. The van der Waals surface area contributed by atoms with E-state index in [1.165, 1.54) is 6.08 Å². The fourth-order valence-electron chi connectivity index (χ4n) is 1.02. The molecular formula is C10H10ClNO2. The Morgan fingerprint density at radius 1 is 1.57 bits per heavy atom. The number of nitrogens with zero attached hydrogens (tertiary/aromatic N) is 1. The highest BCUT2D eigenvalue weighted by Crippen LogP contribution is 2.21. The maximum absolute atomic E-state index is 9.76. The summed E-state index contributed by atoms with van der Waals surface area (Å²) in [5.74, 6) is 0.760. The van der Waals surface area contributed by atoms with Gasteiger partial charge in [0.15, 0.2) is 0 Å². The van der Waals surface area contributed by atoms with Crippen molar-refractivity contribution in [2.75, 3.05) is 13.2 Å². The minimum atomic E-state index is 0.325. The number of aryl methyl sites for hydroxylation is 1. The average Bonchev–Trinajstić information content (AvgIpc) is 2.15. The second-order valence-electron chi connectivity index (χ2n) is 2.73. The van der Waals surface area contributed by atoms with Crippen molar-refractivity contribution in [3.63, 3.8) is 0 Å². The quantitative estimate of drug-likeness (QED) is 0.436. The molecule has 3 nitrogen and oxygen atoms in total. The summed E-state index contributed by atoms with van der Waals surface area (Å²) in [4.78, 5) is 13.1. The number of benzene rings is 1. The van der Waals surface area contributed by atoms with Crippen molar-refractivity contribution in [2.45, 2.75) is 6.92 Å². The van der Waals surface area contributed by atoms with Crippen LogP contribution in [-0.2, 0) is 4.79 Å². The van der Waals surface area contributed by atoms with Crippen molar-refractivity contribution >= 4 is 17.7 Å². The van der Waals surface area contributed by atoms with Crippen LogP contribution in [0, 0.1) is 6.92 Å². The van der Waals surface area contributed by atoms with Gasteiger partial charge < -0.3 is 4.74 Å². The van der Waals surface area contributed by atoms with Crippen LogP contribution in [0.3, 0.4) is 0 Å². The largest absolute Gasteiger partial charge is 0.491 e. The lowest BCUT2D eigenvalue weighted by atomic mass is 10.2. The number of aliphatic imine (C=N–C) groups is 1. The van der Waals surface area contributed by atoms with Crippen LogP contribution in [0.2, 0.25) is 5.02 Å². The van der Waals surface area contributed by atoms with Crippen LogP contribution in [0.4, 0.5) is 0 Å². The van der Waals surface area contributed by atoms with Crippen molar-refractivity contribution in [1.82, 2.24) is 0 Å². The third kappa shape index (κ3) is 3.21. The van der Waals surface area contributed by atoms with Gasteiger partial charge in [-0.05, 0) is 30.7 Å².